The van der Waals surface area contributed by atoms with Gasteiger partial charge >= 0.3 is 11.7 Å². The fourth-order valence-corrected chi connectivity index (χ4v) is 3.01. The summed E-state index contributed by atoms with van der Waals surface area (Å²) in [6.45, 7) is 1.51. The van der Waals surface area contributed by atoms with Gasteiger partial charge in [-0.05, 0) is 31.7 Å². The smallest absolute Gasteiger partial charge is 0.346 e. The first kappa shape index (κ1) is 17.6. The zero-order valence-electron chi connectivity index (χ0n) is 14.0. The van der Waals surface area contributed by atoms with Gasteiger partial charge in [-0.1, -0.05) is 11.6 Å². The third-order valence-corrected chi connectivity index (χ3v) is 4.24. The van der Waals surface area contributed by atoms with E-state index < -0.39 is 33.6 Å². The summed E-state index contributed by atoms with van der Waals surface area (Å²) >= 11 is 0. The van der Waals surface area contributed by atoms with Crippen molar-refractivity contribution in [2.45, 2.75) is 45.1 Å². The number of hydrogen-bond donors (Lipinski definition) is 2. The van der Waals surface area contributed by atoms with Crippen LogP contribution in [-0.4, -0.2) is 37.4 Å². The first-order chi connectivity index (χ1) is 12.4. The van der Waals surface area contributed by atoms with E-state index in [2.05, 4.69) is 10.1 Å². The Kier molecular flexibility index (Phi) is 4.74. The fraction of sp³-hybridized carbons (Fsp3) is 0.438. The van der Waals surface area contributed by atoms with E-state index in [0.29, 0.717) is 12.8 Å². The molecule has 10 nitrogen and oxygen atoms in total. The SMILES string of the molecule is Cc1nc(-c2cc(O)c(O)c([N+](=O)[O-])c2C(=O)OC2CCCCC2)no1. The number of hydrogen-bond acceptors (Lipinski definition) is 9. The Morgan fingerprint density at radius 2 is 2.04 bits per heavy atom. The summed E-state index contributed by atoms with van der Waals surface area (Å²) in [6.07, 6.45) is 3.82. The molecule has 1 aromatic carbocycles. The van der Waals surface area contributed by atoms with Crippen molar-refractivity contribution >= 4 is 11.7 Å². The molecule has 0 radical (unpaired) electrons. The van der Waals surface area contributed by atoms with Gasteiger partial charge in [0, 0.05) is 12.5 Å². The van der Waals surface area contributed by atoms with Gasteiger partial charge in [0.15, 0.2) is 11.3 Å². The number of rotatable bonds is 4. The van der Waals surface area contributed by atoms with E-state index in [9.17, 15) is 25.1 Å². The summed E-state index contributed by atoms with van der Waals surface area (Å²) in [5.41, 5.74) is -1.62. The Hall–Kier alpha value is -3.17. The number of nitrogens with zero attached hydrogens (tertiary/aromatic N) is 3. The van der Waals surface area contributed by atoms with Crippen molar-refractivity contribution < 1.29 is 29.2 Å². The van der Waals surface area contributed by atoms with Crippen LogP contribution in [0.25, 0.3) is 11.4 Å². The monoisotopic (exact) mass is 363 g/mol. The van der Waals surface area contributed by atoms with Crippen LogP contribution in [0.1, 0.15) is 48.4 Å². The average molecular weight is 363 g/mol. The molecule has 10 heteroatoms. The first-order valence-corrected chi connectivity index (χ1v) is 8.13. The molecule has 1 aliphatic carbocycles. The summed E-state index contributed by atoms with van der Waals surface area (Å²) in [5, 5.41) is 34.8. The van der Waals surface area contributed by atoms with Crippen molar-refractivity contribution in [2.75, 3.05) is 0 Å². The number of benzene rings is 1. The molecule has 3 rings (SSSR count). The number of nitro groups is 1. The van der Waals surface area contributed by atoms with Crippen molar-refractivity contribution in [1.29, 1.82) is 0 Å². The van der Waals surface area contributed by atoms with Crippen LogP contribution in [0.5, 0.6) is 11.5 Å². The number of aromatic nitrogens is 2. The number of esters is 1. The van der Waals surface area contributed by atoms with Crippen LogP contribution in [0.3, 0.4) is 0 Å². The van der Waals surface area contributed by atoms with Gasteiger partial charge in [-0.2, -0.15) is 4.98 Å². The van der Waals surface area contributed by atoms with E-state index in [1.54, 1.807) is 0 Å². The van der Waals surface area contributed by atoms with Crippen LogP contribution in [0, 0.1) is 17.0 Å². The zero-order valence-corrected chi connectivity index (χ0v) is 14.0. The lowest BCUT2D eigenvalue weighted by atomic mass is 9.97. The van der Waals surface area contributed by atoms with Crippen LogP contribution < -0.4 is 0 Å². The Morgan fingerprint density at radius 3 is 2.62 bits per heavy atom. The van der Waals surface area contributed by atoms with Crippen LogP contribution in [0.2, 0.25) is 0 Å². The van der Waals surface area contributed by atoms with E-state index in [1.165, 1.54) is 6.92 Å². The minimum atomic E-state index is -1.02. The van der Waals surface area contributed by atoms with E-state index in [0.717, 1.165) is 25.3 Å². The highest BCUT2D eigenvalue weighted by atomic mass is 16.6. The third kappa shape index (κ3) is 3.30. The number of aryl methyl sites for hydroxylation is 1. The highest BCUT2D eigenvalue weighted by Gasteiger charge is 2.35. The molecule has 0 aliphatic heterocycles. The number of nitro benzene ring substituents is 1. The van der Waals surface area contributed by atoms with E-state index in [4.69, 9.17) is 9.26 Å². The summed E-state index contributed by atoms with van der Waals surface area (Å²) in [4.78, 5) is 27.1. The van der Waals surface area contributed by atoms with E-state index >= 15 is 0 Å². The average Bonchev–Trinajstić information content (AvgIpc) is 3.03. The number of phenols is 2. The lowest BCUT2D eigenvalue weighted by Gasteiger charge is -2.22. The summed E-state index contributed by atoms with van der Waals surface area (Å²) in [7, 11) is 0. The van der Waals surface area contributed by atoms with Gasteiger partial charge in [-0.3, -0.25) is 10.1 Å². The second-order valence-electron chi connectivity index (χ2n) is 6.07. The van der Waals surface area contributed by atoms with Crippen LogP contribution in [0.4, 0.5) is 5.69 Å². The van der Waals surface area contributed by atoms with Crippen molar-refractivity contribution in [2.24, 2.45) is 0 Å². The van der Waals surface area contributed by atoms with Gasteiger partial charge in [0.2, 0.25) is 17.5 Å². The molecule has 138 valence electrons. The Balaban J connectivity index is 2.11. The minimum absolute atomic E-state index is 0.128. The molecule has 0 amide bonds. The molecule has 1 fully saturated rings. The van der Waals surface area contributed by atoms with Crippen LogP contribution in [0.15, 0.2) is 10.6 Å². The molecule has 1 aliphatic rings. The topological polar surface area (TPSA) is 149 Å². The second-order valence-corrected chi connectivity index (χ2v) is 6.07. The quantitative estimate of drug-likeness (QED) is 0.362. The largest absolute Gasteiger partial charge is 0.504 e. The van der Waals surface area contributed by atoms with Crippen molar-refractivity contribution in [1.82, 2.24) is 10.1 Å². The van der Waals surface area contributed by atoms with Crippen LogP contribution in [-0.2, 0) is 4.74 Å². The molecule has 2 aromatic rings. The maximum Gasteiger partial charge on any atom is 0.346 e. The van der Waals surface area contributed by atoms with Gasteiger partial charge < -0.3 is 19.5 Å². The zero-order chi connectivity index (χ0) is 18.8. The molecule has 0 bridgehead atoms. The first-order valence-electron chi connectivity index (χ1n) is 8.13. The predicted octanol–water partition coefficient (Wildman–Crippen LogP) is 2.85. The number of phenolic OH excluding ortho intramolecular Hbond substituents is 2. The normalized spacial score (nSPS) is 15.0. The highest BCUT2D eigenvalue weighted by Crippen LogP contribution is 2.43. The minimum Gasteiger partial charge on any atom is -0.504 e. The molecule has 26 heavy (non-hydrogen) atoms. The number of aromatic hydroxyl groups is 2. The third-order valence-electron chi connectivity index (χ3n) is 4.24. The Morgan fingerprint density at radius 1 is 1.35 bits per heavy atom. The molecular weight excluding hydrogens is 346 g/mol. The Labute approximate surface area is 147 Å². The van der Waals surface area contributed by atoms with Crippen molar-refractivity contribution in [3.8, 4) is 22.9 Å². The van der Waals surface area contributed by atoms with Crippen LogP contribution >= 0.6 is 0 Å². The van der Waals surface area contributed by atoms with Gasteiger partial charge in [-0.15, -0.1) is 0 Å². The summed E-state index contributed by atoms with van der Waals surface area (Å²) in [6, 6.07) is 0.976. The van der Waals surface area contributed by atoms with Gasteiger partial charge in [0.25, 0.3) is 0 Å². The van der Waals surface area contributed by atoms with Crippen molar-refractivity contribution in [3.63, 3.8) is 0 Å². The summed E-state index contributed by atoms with van der Waals surface area (Å²) < 4.78 is 10.3. The van der Waals surface area contributed by atoms with Crippen molar-refractivity contribution in [3.05, 3.63) is 27.6 Å². The fourth-order valence-electron chi connectivity index (χ4n) is 3.01. The van der Waals surface area contributed by atoms with Gasteiger partial charge in [0.1, 0.15) is 6.10 Å². The number of carbonyl (C=O) groups excluding carboxylic acids is 1. The van der Waals surface area contributed by atoms with E-state index in [-0.39, 0.29) is 23.4 Å². The standard InChI is InChI=1S/C16H17N3O7/c1-8-17-15(18-26-8)10-7-11(20)14(21)13(19(23)24)12(10)16(22)25-9-5-3-2-4-6-9/h7,9,20-21H,2-6H2,1H3. The highest BCUT2D eigenvalue weighted by molar-refractivity contribution is 6.02. The maximum atomic E-state index is 12.7. The molecule has 0 atom stereocenters. The molecular formula is C16H17N3O7. The molecule has 1 heterocycles. The number of ether oxygens (including phenoxy) is 1. The summed E-state index contributed by atoms with van der Waals surface area (Å²) in [5.74, 6) is -2.73. The van der Waals surface area contributed by atoms with Gasteiger partial charge in [-0.25, -0.2) is 4.79 Å². The lowest BCUT2D eigenvalue weighted by molar-refractivity contribution is -0.386. The molecule has 1 aromatic heterocycles. The molecule has 2 N–H and O–H groups in total. The molecule has 0 spiro atoms. The second kappa shape index (κ2) is 6.98. The molecule has 0 saturated heterocycles. The molecule has 0 unspecified atom stereocenters. The predicted molar refractivity (Wildman–Crippen MR) is 86.7 cm³/mol. The number of carbonyl (C=O) groups is 1. The Bertz CT molecular complexity index is 856. The maximum absolute atomic E-state index is 12.7. The lowest BCUT2D eigenvalue weighted by Crippen LogP contribution is -2.22. The van der Waals surface area contributed by atoms with E-state index in [1.807, 2.05) is 0 Å². The van der Waals surface area contributed by atoms with Gasteiger partial charge in [0.05, 0.1) is 4.92 Å². The molecule has 1 saturated carbocycles.